The van der Waals surface area contributed by atoms with E-state index in [0.717, 1.165) is 16.3 Å². The number of fused-ring (bicyclic) bond motifs is 1. The van der Waals surface area contributed by atoms with Crippen LogP contribution < -0.4 is 4.74 Å². The van der Waals surface area contributed by atoms with Gasteiger partial charge in [0.2, 0.25) is 0 Å². The Morgan fingerprint density at radius 1 is 1.05 bits per heavy atom. The molecule has 4 nitrogen and oxygen atoms in total. The van der Waals surface area contributed by atoms with Crippen molar-refractivity contribution in [3.8, 4) is 5.75 Å². The second kappa shape index (κ2) is 5.63. The van der Waals surface area contributed by atoms with Gasteiger partial charge in [-0.2, -0.15) is 0 Å². The maximum Gasteiger partial charge on any atom is 0.339 e. The van der Waals surface area contributed by atoms with Crippen molar-refractivity contribution < 1.29 is 14.6 Å². The molecule has 1 aromatic heterocycles. The van der Waals surface area contributed by atoms with E-state index in [-0.39, 0.29) is 5.56 Å². The number of aromatic nitrogens is 1. The number of nitrogens with zero attached hydrogens (tertiary/aromatic N) is 1. The zero-order chi connectivity index (χ0) is 14.7. The minimum Gasteiger partial charge on any atom is -0.487 e. The lowest BCUT2D eigenvalue weighted by Gasteiger charge is -2.12. The van der Waals surface area contributed by atoms with Crippen molar-refractivity contribution >= 4 is 16.7 Å². The van der Waals surface area contributed by atoms with Crippen molar-refractivity contribution in [1.29, 1.82) is 0 Å². The Morgan fingerprint density at radius 3 is 2.57 bits per heavy atom. The summed E-state index contributed by atoms with van der Waals surface area (Å²) in [5, 5.41) is 11.1. The first-order valence-corrected chi connectivity index (χ1v) is 6.52. The van der Waals surface area contributed by atoms with E-state index in [1.807, 2.05) is 36.4 Å². The van der Waals surface area contributed by atoms with E-state index in [0.29, 0.717) is 12.4 Å². The van der Waals surface area contributed by atoms with Crippen LogP contribution in [-0.4, -0.2) is 16.1 Å². The number of benzene rings is 2. The van der Waals surface area contributed by atoms with Gasteiger partial charge in [0.25, 0.3) is 0 Å². The topological polar surface area (TPSA) is 59.4 Å². The Hall–Kier alpha value is -2.88. The first-order chi connectivity index (χ1) is 10.3. The van der Waals surface area contributed by atoms with Gasteiger partial charge in [-0.25, -0.2) is 4.79 Å². The first-order valence-electron chi connectivity index (χ1n) is 6.52. The minimum absolute atomic E-state index is 0.169. The lowest BCUT2D eigenvalue weighted by Crippen LogP contribution is -2.04. The molecule has 3 rings (SSSR count). The van der Waals surface area contributed by atoms with E-state index in [4.69, 9.17) is 4.74 Å². The molecule has 3 aromatic rings. The summed E-state index contributed by atoms with van der Waals surface area (Å²) in [6.45, 7) is 0.302. The standard InChI is InChI=1S/C17H13NO3/c19-17(20)15-6-5-13-3-1-2-4-14(13)16(15)21-11-12-7-9-18-10-8-12/h1-10H,11H2,(H,19,20). The molecule has 2 aromatic carbocycles. The van der Waals surface area contributed by atoms with Crippen LogP contribution in [0.15, 0.2) is 60.9 Å². The first kappa shape index (κ1) is 13.1. The second-order valence-electron chi connectivity index (χ2n) is 4.61. The monoisotopic (exact) mass is 279 g/mol. The average molecular weight is 279 g/mol. The van der Waals surface area contributed by atoms with Gasteiger partial charge in [0.15, 0.2) is 0 Å². The Labute approximate surface area is 121 Å². The number of ether oxygens (including phenoxy) is 1. The molecule has 1 N–H and O–H groups in total. The van der Waals surface area contributed by atoms with Crippen LogP contribution in [0.2, 0.25) is 0 Å². The van der Waals surface area contributed by atoms with Crippen LogP contribution in [0.25, 0.3) is 10.8 Å². The second-order valence-corrected chi connectivity index (χ2v) is 4.61. The molecule has 0 bridgehead atoms. The molecule has 4 heteroatoms. The van der Waals surface area contributed by atoms with Gasteiger partial charge >= 0.3 is 5.97 Å². The molecule has 0 aliphatic rings. The van der Waals surface area contributed by atoms with Gasteiger partial charge in [-0.1, -0.05) is 30.3 Å². The largest absolute Gasteiger partial charge is 0.487 e. The normalized spacial score (nSPS) is 10.5. The average Bonchev–Trinajstić information content (AvgIpc) is 2.53. The molecule has 0 saturated heterocycles. The SMILES string of the molecule is O=C(O)c1ccc2ccccc2c1OCc1ccncc1. The van der Waals surface area contributed by atoms with Crippen LogP contribution in [-0.2, 0) is 6.61 Å². The highest BCUT2D eigenvalue weighted by atomic mass is 16.5. The van der Waals surface area contributed by atoms with Crippen molar-refractivity contribution in [2.75, 3.05) is 0 Å². The Bertz CT molecular complexity index is 784. The Morgan fingerprint density at radius 2 is 1.81 bits per heavy atom. The molecule has 0 saturated carbocycles. The summed E-state index contributed by atoms with van der Waals surface area (Å²) < 4.78 is 5.79. The fraction of sp³-hybridized carbons (Fsp3) is 0.0588. The molecular weight excluding hydrogens is 266 g/mol. The van der Waals surface area contributed by atoms with E-state index in [1.165, 1.54) is 0 Å². The maximum atomic E-state index is 11.4. The number of carboxylic acid groups (broad SMARTS) is 1. The van der Waals surface area contributed by atoms with Crippen molar-refractivity contribution in [2.24, 2.45) is 0 Å². The maximum absolute atomic E-state index is 11.4. The summed E-state index contributed by atoms with van der Waals surface area (Å²) in [4.78, 5) is 15.3. The van der Waals surface area contributed by atoms with Gasteiger partial charge in [0, 0.05) is 17.8 Å². The number of carbonyl (C=O) groups is 1. The van der Waals surface area contributed by atoms with E-state index in [2.05, 4.69) is 4.98 Å². The molecule has 1 heterocycles. The molecule has 104 valence electrons. The summed E-state index contributed by atoms with van der Waals surface area (Å²) in [6, 6.07) is 14.6. The highest BCUT2D eigenvalue weighted by Gasteiger charge is 2.14. The van der Waals surface area contributed by atoms with E-state index >= 15 is 0 Å². The number of aromatic carboxylic acids is 1. The Kier molecular flexibility index (Phi) is 3.51. The molecule has 0 fully saturated rings. The molecule has 0 amide bonds. The van der Waals surface area contributed by atoms with Crippen molar-refractivity contribution in [3.63, 3.8) is 0 Å². The van der Waals surface area contributed by atoms with E-state index in [1.54, 1.807) is 24.5 Å². The van der Waals surface area contributed by atoms with Gasteiger partial charge in [-0.15, -0.1) is 0 Å². The zero-order valence-corrected chi connectivity index (χ0v) is 11.2. The van der Waals surface area contributed by atoms with Crippen LogP contribution in [0.3, 0.4) is 0 Å². The van der Waals surface area contributed by atoms with E-state index < -0.39 is 5.97 Å². The molecule has 0 aliphatic heterocycles. The predicted octanol–water partition coefficient (Wildman–Crippen LogP) is 3.51. The van der Waals surface area contributed by atoms with Crippen molar-refractivity contribution in [2.45, 2.75) is 6.61 Å². The molecule has 0 spiro atoms. The number of rotatable bonds is 4. The zero-order valence-electron chi connectivity index (χ0n) is 11.2. The molecule has 21 heavy (non-hydrogen) atoms. The summed E-state index contributed by atoms with van der Waals surface area (Å²) >= 11 is 0. The summed E-state index contributed by atoms with van der Waals surface area (Å²) in [7, 11) is 0. The highest BCUT2D eigenvalue weighted by molar-refractivity contribution is 6.00. The quantitative estimate of drug-likeness (QED) is 0.794. The Balaban J connectivity index is 2.02. The smallest absolute Gasteiger partial charge is 0.339 e. The summed E-state index contributed by atoms with van der Waals surface area (Å²) in [5.41, 5.74) is 1.11. The molecule has 0 aliphatic carbocycles. The van der Waals surface area contributed by atoms with Crippen LogP contribution in [0, 0.1) is 0 Å². The van der Waals surface area contributed by atoms with Crippen LogP contribution in [0.1, 0.15) is 15.9 Å². The summed E-state index contributed by atoms with van der Waals surface area (Å²) in [5.74, 6) is -0.595. The molecule has 0 radical (unpaired) electrons. The third-order valence-corrected chi connectivity index (χ3v) is 3.24. The van der Waals surface area contributed by atoms with Crippen LogP contribution >= 0.6 is 0 Å². The van der Waals surface area contributed by atoms with Crippen LogP contribution in [0.5, 0.6) is 5.75 Å². The van der Waals surface area contributed by atoms with Crippen molar-refractivity contribution in [1.82, 2.24) is 4.98 Å². The van der Waals surface area contributed by atoms with Crippen LogP contribution in [0.4, 0.5) is 0 Å². The van der Waals surface area contributed by atoms with Crippen molar-refractivity contribution in [3.05, 3.63) is 72.1 Å². The molecule has 0 atom stereocenters. The predicted molar refractivity (Wildman–Crippen MR) is 79.5 cm³/mol. The minimum atomic E-state index is -0.995. The number of pyridine rings is 1. The molecular formula is C17H13NO3. The third-order valence-electron chi connectivity index (χ3n) is 3.24. The van der Waals surface area contributed by atoms with E-state index in [9.17, 15) is 9.90 Å². The number of hydrogen-bond acceptors (Lipinski definition) is 3. The lowest BCUT2D eigenvalue weighted by atomic mass is 10.1. The van der Waals surface area contributed by atoms with Gasteiger partial charge in [0.05, 0.1) is 0 Å². The lowest BCUT2D eigenvalue weighted by molar-refractivity contribution is 0.0692. The number of hydrogen-bond donors (Lipinski definition) is 1. The molecule has 0 unspecified atom stereocenters. The van der Waals surface area contributed by atoms with Gasteiger partial charge < -0.3 is 9.84 Å². The fourth-order valence-corrected chi connectivity index (χ4v) is 2.20. The number of carboxylic acids is 1. The fourth-order valence-electron chi connectivity index (χ4n) is 2.20. The highest BCUT2D eigenvalue weighted by Crippen LogP contribution is 2.30. The third kappa shape index (κ3) is 2.69. The summed E-state index contributed by atoms with van der Waals surface area (Å²) in [6.07, 6.45) is 3.36. The van der Waals surface area contributed by atoms with Gasteiger partial charge in [0.1, 0.15) is 17.9 Å². The van der Waals surface area contributed by atoms with Gasteiger partial charge in [-0.3, -0.25) is 4.98 Å². The van der Waals surface area contributed by atoms with Gasteiger partial charge in [-0.05, 0) is 29.1 Å².